The van der Waals surface area contributed by atoms with Gasteiger partial charge in [-0.1, -0.05) is 21.6 Å². The van der Waals surface area contributed by atoms with Crippen LogP contribution in [0.1, 0.15) is 13.3 Å². The van der Waals surface area contributed by atoms with Crippen LogP contribution in [0.25, 0.3) is 0 Å². The first-order valence-corrected chi connectivity index (χ1v) is 6.26. The molecule has 1 atom stereocenters. The van der Waals surface area contributed by atoms with Crippen LogP contribution in [-0.4, -0.2) is 31.0 Å². The maximum absolute atomic E-state index is 10.1. The summed E-state index contributed by atoms with van der Waals surface area (Å²) in [6.45, 7) is 2.45. The second-order valence-electron chi connectivity index (χ2n) is 2.05. The number of ether oxygens (including phenoxy) is 1. The van der Waals surface area contributed by atoms with E-state index in [9.17, 15) is 4.79 Å². The van der Waals surface area contributed by atoms with Crippen LogP contribution in [0.4, 0.5) is 0 Å². The lowest BCUT2D eigenvalue weighted by molar-refractivity contribution is -0.117. The fraction of sp³-hybridized carbons (Fsp3) is 0.857. The molecule has 0 aliphatic rings. The first-order valence-electron chi connectivity index (χ1n) is 3.53. The summed E-state index contributed by atoms with van der Waals surface area (Å²) in [6.07, 6.45) is 3.65. The van der Waals surface area contributed by atoms with Crippen LogP contribution in [0.15, 0.2) is 0 Å². The van der Waals surface area contributed by atoms with Crippen LogP contribution in [-0.2, 0) is 9.53 Å². The third-order valence-electron chi connectivity index (χ3n) is 1.06. The fourth-order valence-corrected chi connectivity index (χ4v) is 1.77. The molecule has 0 fully saturated rings. The Morgan fingerprint density at radius 3 is 2.91 bits per heavy atom. The van der Waals surface area contributed by atoms with E-state index in [1.165, 1.54) is 0 Å². The molecule has 0 rings (SSSR count). The molecular formula is C7H14O2S2. The third kappa shape index (κ3) is 8.23. The van der Waals surface area contributed by atoms with Crippen LogP contribution in [0.3, 0.4) is 0 Å². The lowest BCUT2D eigenvalue weighted by atomic mass is 10.4. The van der Waals surface area contributed by atoms with Crippen LogP contribution >= 0.6 is 21.6 Å². The van der Waals surface area contributed by atoms with Gasteiger partial charge in [0.1, 0.15) is 12.4 Å². The normalized spacial score (nSPS) is 12.9. The molecule has 0 unspecified atom stereocenters. The lowest BCUT2D eigenvalue weighted by Crippen LogP contribution is -2.10. The van der Waals surface area contributed by atoms with E-state index < -0.39 is 0 Å². The van der Waals surface area contributed by atoms with E-state index in [0.29, 0.717) is 6.61 Å². The quantitative estimate of drug-likeness (QED) is 0.352. The van der Waals surface area contributed by atoms with Crippen LogP contribution in [0.2, 0.25) is 0 Å². The number of hydrogen-bond acceptors (Lipinski definition) is 4. The van der Waals surface area contributed by atoms with Crippen molar-refractivity contribution in [2.75, 3.05) is 18.6 Å². The van der Waals surface area contributed by atoms with Crippen molar-refractivity contribution in [1.29, 1.82) is 0 Å². The zero-order valence-electron chi connectivity index (χ0n) is 6.91. The molecule has 4 heteroatoms. The molecule has 0 saturated heterocycles. The summed E-state index contributed by atoms with van der Waals surface area (Å²) in [5.41, 5.74) is 0. The van der Waals surface area contributed by atoms with Crippen LogP contribution < -0.4 is 0 Å². The van der Waals surface area contributed by atoms with Crippen LogP contribution in [0, 0.1) is 0 Å². The van der Waals surface area contributed by atoms with E-state index in [0.717, 1.165) is 18.5 Å². The minimum absolute atomic E-state index is 0.241. The average Bonchev–Trinajstić information content (AvgIpc) is 2.04. The largest absolute Gasteiger partial charge is 0.371 e. The number of carbonyl (C=O) groups excluding carboxylic acids is 1. The van der Waals surface area contributed by atoms with Gasteiger partial charge in [-0.3, -0.25) is 0 Å². The molecule has 0 aliphatic carbocycles. The maximum Gasteiger partial charge on any atom is 0.148 e. The topological polar surface area (TPSA) is 26.3 Å². The summed E-state index contributed by atoms with van der Waals surface area (Å²) in [7, 11) is 3.57. The van der Waals surface area contributed by atoms with Gasteiger partial charge in [-0.05, 0) is 19.6 Å². The van der Waals surface area contributed by atoms with Crippen molar-refractivity contribution < 1.29 is 9.53 Å². The van der Waals surface area contributed by atoms with Gasteiger partial charge in [0.15, 0.2) is 0 Å². The highest BCUT2D eigenvalue weighted by molar-refractivity contribution is 8.76. The highest BCUT2D eigenvalue weighted by Crippen LogP contribution is 2.17. The Balaban J connectivity index is 2.95. The van der Waals surface area contributed by atoms with Crippen molar-refractivity contribution in [1.82, 2.24) is 0 Å². The SMILES string of the molecule is CSSCCCO[C@@H](C)C=O. The van der Waals surface area contributed by atoms with Gasteiger partial charge in [-0.25, -0.2) is 0 Å². The van der Waals surface area contributed by atoms with Crippen molar-refractivity contribution >= 4 is 27.9 Å². The summed E-state index contributed by atoms with van der Waals surface area (Å²) in [6, 6.07) is 0. The van der Waals surface area contributed by atoms with Gasteiger partial charge in [-0.15, -0.1) is 0 Å². The smallest absolute Gasteiger partial charge is 0.148 e. The highest BCUT2D eigenvalue weighted by Gasteiger charge is 1.97. The van der Waals surface area contributed by atoms with Crippen molar-refractivity contribution in [2.24, 2.45) is 0 Å². The van der Waals surface area contributed by atoms with E-state index in [2.05, 4.69) is 6.26 Å². The minimum Gasteiger partial charge on any atom is -0.371 e. The van der Waals surface area contributed by atoms with E-state index in [1.807, 2.05) is 10.8 Å². The van der Waals surface area contributed by atoms with Crippen molar-refractivity contribution in [3.8, 4) is 0 Å². The number of rotatable bonds is 7. The summed E-state index contributed by atoms with van der Waals surface area (Å²) in [5.74, 6) is 1.09. The zero-order chi connectivity index (χ0) is 8.53. The van der Waals surface area contributed by atoms with Gasteiger partial charge in [0, 0.05) is 12.4 Å². The van der Waals surface area contributed by atoms with Gasteiger partial charge < -0.3 is 9.53 Å². The molecule has 0 aromatic heterocycles. The second-order valence-corrected chi connectivity index (χ2v) is 4.74. The molecule has 2 nitrogen and oxygen atoms in total. The number of aldehydes is 1. The van der Waals surface area contributed by atoms with Gasteiger partial charge >= 0.3 is 0 Å². The molecular weight excluding hydrogens is 180 g/mol. The van der Waals surface area contributed by atoms with E-state index in [-0.39, 0.29) is 6.10 Å². The molecule has 0 amide bonds. The van der Waals surface area contributed by atoms with Crippen molar-refractivity contribution in [2.45, 2.75) is 19.4 Å². The Bertz CT molecular complexity index is 98.4. The Hall–Kier alpha value is 0.330. The maximum atomic E-state index is 10.1. The molecule has 11 heavy (non-hydrogen) atoms. The average molecular weight is 194 g/mol. The van der Waals surface area contributed by atoms with E-state index in [4.69, 9.17) is 4.74 Å². The Kier molecular flexibility index (Phi) is 8.68. The summed E-state index contributed by atoms with van der Waals surface area (Å²) in [5, 5.41) is 0. The first kappa shape index (κ1) is 11.3. The number of hydrogen-bond donors (Lipinski definition) is 0. The number of carbonyl (C=O) groups is 1. The molecule has 0 heterocycles. The third-order valence-corrected chi connectivity index (χ3v) is 2.96. The first-order chi connectivity index (χ1) is 5.31. The molecule has 66 valence electrons. The van der Waals surface area contributed by atoms with Crippen molar-refractivity contribution in [3.05, 3.63) is 0 Å². The summed E-state index contributed by atoms with van der Waals surface area (Å²) < 4.78 is 5.15. The minimum atomic E-state index is -0.241. The predicted octanol–water partition coefficient (Wildman–Crippen LogP) is 1.99. The van der Waals surface area contributed by atoms with Gasteiger partial charge in [0.2, 0.25) is 0 Å². The predicted molar refractivity (Wildman–Crippen MR) is 52.1 cm³/mol. The van der Waals surface area contributed by atoms with Crippen molar-refractivity contribution in [3.63, 3.8) is 0 Å². The standard InChI is InChI=1S/C7H14O2S2/c1-7(6-8)9-4-3-5-11-10-2/h6-7H,3-5H2,1-2H3/t7-/m0/s1. The monoisotopic (exact) mass is 194 g/mol. The van der Waals surface area contributed by atoms with Crippen LogP contribution in [0.5, 0.6) is 0 Å². The molecule has 0 aromatic rings. The Labute approximate surface area is 75.9 Å². The molecule has 0 N–H and O–H groups in total. The highest BCUT2D eigenvalue weighted by atomic mass is 33.1. The Morgan fingerprint density at radius 2 is 2.36 bits per heavy atom. The van der Waals surface area contributed by atoms with Gasteiger partial charge in [0.05, 0.1) is 0 Å². The zero-order valence-corrected chi connectivity index (χ0v) is 8.54. The summed E-state index contributed by atoms with van der Waals surface area (Å²) >= 11 is 0. The molecule has 0 bridgehead atoms. The molecule has 0 aliphatic heterocycles. The van der Waals surface area contributed by atoms with E-state index in [1.54, 1.807) is 17.7 Å². The van der Waals surface area contributed by atoms with E-state index >= 15 is 0 Å². The molecule has 0 saturated carbocycles. The summed E-state index contributed by atoms with van der Waals surface area (Å²) in [4.78, 5) is 10.1. The Morgan fingerprint density at radius 1 is 1.64 bits per heavy atom. The molecule has 0 spiro atoms. The molecule has 0 aromatic carbocycles. The molecule has 0 radical (unpaired) electrons. The van der Waals surface area contributed by atoms with Gasteiger partial charge in [0.25, 0.3) is 0 Å². The lowest BCUT2D eigenvalue weighted by Gasteiger charge is -2.04. The fourth-order valence-electron chi connectivity index (χ4n) is 0.510. The second kappa shape index (κ2) is 8.43. The van der Waals surface area contributed by atoms with Gasteiger partial charge in [-0.2, -0.15) is 0 Å².